The van der Waals surface area contributed by atoms with Crippen LogP contribution in [-0.2, 0) is 107 Å². The van der Waals surface area contributed by atoms with Crippen LogP contribution in [0.1, 0.15) is 134 Å². The monoisotopic (exact) mass is 1840 g/mol. The highest BCUT2D eigenvalue weighted by Gasteiger charge is 2.47. The summed E-state index contributed by atoms with van der Waals surface area (Å²) < 4.78 is 0. The van der Waals surface area contributed by atoms with E-state index >= 15 is 33.6 Å². The lowest BCUT2D eigenvalue weighted by Crippen LogP contribution is -2.61. The zero-order valence-corrected chi connectivity index (χ0v) is 75.3. The number of aromatic nitrogens is 4. The van der Waals surface area contributed by atoms with Crippen molar-refractivity contribution in [3.8, 4) is 5.75 Å². The van der Waals surface area contributed by atoms with Crippen molar-refractivity contribution in [2.75, 3.05) is 65.4 Å². The number of benzene rings is 3. The molecule has 9 rings (SSSR count). The van der Waals surface area contributed by atoms with Crippen molar-refractivity contribution in [3.05, 3.63) is 120 Å². The molecule has 3 aromatic heterocycles. The van der Waals surface area contributed by atoms with E-state index in [0.717, 1.165) is 36.3 Å². The number of rotatable bonds is 24. The molecule has 0 saturated carbocycles. The highest BCUT2D eigenvalue weighted by Crippen LogP contribution is 2.28. The average molecular weight is 1840 g/mol. The molecular weight excluding hydrogens is 1720 g/mol. The van der Waals surface area contributed by atoms with Gasteiger partial charge in [0.1, 0.15) is 90.3 Å². The molecule has 0 unspecified atom stereocenters. The number of phenols is 1. The minimum absolute atomic E-state index is 0.0160. The van der Waals surface area contributed by atoms with Crippen LogP contribution < -0.4 is 70.4 Å². The number of carbonyl (C=O) groups excluding carboxylic acids is 17. The van der Waals surface area contributed by atoms with Gasteiger partial charge in [0.25, 0.3) is 0 Å². The molecule has 3 aromatic carbocycles. The topological polar surface area (TPSA) is 626 Å². The highest BCUT2D eigenvalue weighted by atomic mass is 32.2. The number of thioether (sulfide) groups is 1. The number of primary amides is 2. The minimum Gasteiger partial charge on any atom is -0.508 e. The molecule has 42 nitrogen and oxygen atoms in total. The van der Waals surface area contributed by atoms with E-state index in [1.807, 2.05) is 13.8 Å². The molecule has 131 heavy (non-hydrogen) atoms. The molecule has 3 aliphatic heterocycles. The largest absolute Gasteiger partial charge is 0.508 e. The van der Waals surface area contributed by atoms with Gasteiger partial charge in [-0.3, -0.25) is 81.5 Å². The number of carbonyl (C=O) groups is 17. The minimum atomic E-state index is -1.88. The molecule has 22 N–H and O–H groups in total. The van der Waals surface area contributed by atoms with Crippen LogP contribution in [0, 0.1) is 0 Å². The predicted octanol–water partition coefficient (Wildman–Crippen LogP) is -3.09. The average Bonchev–Trinajstić information content (AvgIpc) is 1.59. The summed E-state index contributed by atoms with van der Waals surface area (Å²) >= 11 is 0.781. The molecule has 710 valence electrons. The molecule has 0 aliphatic carbocycles. The maximum atomic E-state index is 15.6. The van der Waals surface area contributed by atoms with Gasteiger partial charge in [-0.15, -0.1) is 11.8 Å². The molecule has 3 aliphatic rings. The van der Waals surface area contributed by atoms with Crippen molar-refractivity contribution in [2.24, 2.45) is 17.2 Å². The van der Waals surface area contributed by atoms with E-state index in [2.05, 4.69) is 73.1 Å². The third-order valence-corrected chi connectivity index (χ3v) is 24.7. The number of aromatic amines is 3. The van der Waals surface area contributed by atoms with Gasteiger partial charge in [0.15, 0.2) is 0 Å². The summed E-state index contributed by atoms with van der Waals surface area (Å²) in [6.07, 6.45) is 4.61. The number of nitrogens with two attached hydrogens (primary N) is 3. The van der Waals surface area contributed by atoms with Gasteiger partial charge in [0.2, 0.25) is 100 Å². The van der Waals surface area contributed by atoms with E-state index in [-0.39, 0.29) is 88.7 Å². The van der Waals surface area contributed by atoms with E-state index in [9.17, 15) is 63.3 Å². The van der Waals surface area contributed by atoms with Crippen molar-refractivity contribution in [1.29, 1.82) is 0 Å². The van der Waals surface area contributed by atoms with Gasteiger partial charge in [-0.2, -0.15) is 0 Å². The van der Waals surface area contributed by atoms with Gasteiger partial charge in [0, 0.05) is 112 Å². The standard InChI is InChI=1S/C88H122N22O20S/c1-8-10-24-68-81(123)97-48(3)75(117)105-67(77(119)95-42-73(91)115)45-131-46-74(116)98-63(33-50-27-29-54(112)30-28-50)84(126)106(5)49(4)76(118)102-65(38-72(90)114)87(129)109-32-18-26-69(109)82(124)101-62(36-53-41-92-47-96-53)79(121)99-60(23-16-17-31-89)86(128)110-43-55(113)37-71(110)83(125)100-61(34-51-39-93-58-21-14-12-19-56(51)58)78(120)104-66(44-111)80(122)103-64(35-52-40-94-59-22-15-13-20-57(52)59)85(127)108(7)70(25-11-9-2)88(130)107(68)6/h12-15,19-22,27-30,39-41,47-49,55,60-71,93-94,111-113H,8-11,16-18,23-26,31-38,42-46,89H2,1-7H3,(H2,90,114)(H2,91,115)(H,92,96)(H,95,119)(H,97,123)(H,98,116)(H,99,121)(H,100,125)(H,101,124)(H,102,118)(H,103,122)(H,104,120)(H,105,117)/t48-,49-,55+,60-,61-,62-,63-,64-,65-,66-,67-,68-,69-,70-,71-/m0/s1. The van der Waals surface area contributed by atoms with Crippen molar-refractivity contribution in [1.82, 2.24) is 97.6 Å². The Morgan fingerprint density at radius 1 is 0.534 bits per heavy atom. The van der Waals surface area contributed by atoms with Crippen LogP contribution in [0.2, 0.25) is 0 Å². The van der Waals surface area contributed by atoms with Gasteiger partial charge in [-0.05, 0) is 106 Å². The number of fused-ring (bicyclic) bond motifs is 4. The number of amides is 17. The molecule has 43 heteroatoms. The number of aromatic hydroxyl groups is 1. The first kappa shape index (κ1) is 102. The molecule has 3 saturated heterocycles. The van der Waals surface area contributed by atoms with Crippen LogP contribution in [0.3, 0.4) is 0 Å². The Morgan fingerprint density at radius 3 is 1.69 bits per heavy atom. The van der Waals surface area contributed by atoms with Crippen LogP contribution in [-0.4, -0.2) is 316 Å². The molecule has 6 heterocycles. The molecular formula is C88H122N22O20S. The van der Waals surface area contributed by atoms with Gasteiger partial charge in [-0.1, -0.05) is 88.1 Å². The molecule has 0 radical (unpaired) electrons. The third-order valence-electron chi connectivity index (χ3n) is 23.7. The first-order chi connectivity index (χ1) is 62.5. The fourth-order valence-electron chi connectivity index (χ4n) is 16.2. The highest BCUT2D eigenvalue weighted by molar-refractivity contribution is 8.00. The number of aliphatic hydroxyl groups is 2. The molecule has 15 atom stereocenters. The van der Waals surface area contributed by atoms with Crippen LogP contribution in [0.5, 0.6) is 5.75 Å². The van der Waals surface area contributed by atoms with E-state index in [4.69, 9.17) is 17.2 Å². The van der Waals surface area contributed by atoms with E-state index in [0.29, 0.717) is 70.6 Å². The summed E-state index contributed by atoms with van der Waals surface area (Å²) in [4.78, 5) is 267. The number of para-hydroxylation sites is 2. The predicted molar refractivity (Wildman–Crippen MR) is 480 cm³/mol. The summed E-state index contributed by atoms with van der Waals surface area (Å²) in [5, 5.41) is 60.3. The fourth-order valence-corrected chi connectivity index (χ4v) is 17.0. The molecule has 0 spiro atoms. The van der Waals surface area contributed by atoms with Gasteiger partial charge in [-0.25, -0.2) is 4.98 Å². The first-order valence-electron chi connectivity index (χ1n) is 43.9. The third kappa shape index (κ3) is 27.8. The molecule has 3 fully saturated rings. The van der Waals surface area contributed by atoms with Crippen molar-refractivity contribution in [2.45, 2.75) is 228 Å². The maximum Gasteiger partial charge on any atom is 0.246 e. The smallest absolute Gasteiger partial charge is 0.246 e. The quantitative estimate of drug-likeness (QED) is 0.0267. The fraction of sp³-hybridized carbons (Fsp3) is 0.523. The van der Waals surface area contributed by atoms with Crippen LogP contribution in [0.4, 0.5) is 0 Å². The lowest BCUT2D eigenvalue weighted by atomic mass is 10.00. The lowest BCUT2D eigenvalue weighted by Gasteiger charge is -2.36. The molecule has 0 bridgehead atoms. The number of H-pyrrole nitrogens is 3. The van der Waals surface area contributed by atoms with Gasteiger partial charge >= 0.3 is 0 Å². The number of hydrogen-bond donors (Lipinski definition) is 19. The lowest BCUT2D eigenvalue weighted by molar-refractivity contribution is -0.149. The Bertz CT molecular complexity index is 5050. The summed E-state index contributed by atoms with van der Waals surface area (Å²) in [7, 11) is 3.92. The summed E-state index contributed by atoms with van der Waals surface area (Å²) in [5.41, 5.74) is 20.0. The number of nitrogens with zero attached hydrogens (tertiary/aromatic N) is 6. The van der Waals surface area contributed by atoms with Crippen LogP contribution in [0.25, 0.3) is 21.8 Å². The Hall–Kier alpha value is -13.0. The second kappa shape index (κ2) is 48.6. The van der Waals surface area contributed by atoms with E-state index < -0.39 is 235 Å². The first-order valence-corrected chi connectivity index (χ1v) is 45.1. The van der Waals surface area contributed by atoms with Gasteiger partial charge in [0.05, 0.1) is 43.5 Å². The second-order valence-corrected chi connectivity index (χ2v) is 34.3. The Morgan fingerprint density at radius 2 is 1.08 bits per heavy atom. The number of likely N-dealkylation sites (N-methyl/N-ethyl adjacent to an activating group) is 3. The number of unbranched alkanes of at least 4 members (excludes halogenated alkanes) is 3. The van der Waals surface area contributed by atoms with E-state index in [1.165, 1.54) is 71.8 Å². The second-order valence-electron chi connectivity index (χ2n) is 33.3. The Balaban J connectivity index is 1.08. The van der Waals surface area contributed by atoms with Crippen molar-refractivity contribution in [3.63, 3.8) is 0 Å². The summed E-state index contributed by atoms with van der Waals surface area (Å²) in [6, 6.07) is -1.92. The van der Waals surface area contributed by atoms with Crippen LogP contribution in [0.15, 0.2) is 97.7 Å². The Kier molecular flexibility index (Phi) is 37.7. The zero-order chi connectivity index (χ0) is 95.4. The Labute approximate surface area is 760 Å². The number of imidazole rings is 1. The van der Waals surface area contributed by atoms with Crippen molar-refractivity contribution < 1.29 is 96.8 Å². The molecule has 17 amide bonds. The van der Waals surface area contributed by atoms with Crippen LogP contribution >= 0.6 is 11.8 Å². The summed E-state index contributed by atoms with van der Waals surface area (Å²) in [6.45, 7) is 4.02. The number of nitrogens with one attached hydrogen (secondary N) is 13. The number of hydrogen-bond acceptors (Lipinski definition) is 23. The zero-order valence-electron chi connectivity index (χ0n) is 74.5. The molecule has 6 aromatic rings. The van der Waals surface area contributed by atoms with Crippen molar-refractivity contribution >= 4 is 134 Å². The number of phenolic OH excluding ortho intramolecular Hbond substituents is 1. The van der Waals surface area contributed by atoms with E-state index in [1.54, 1.807) is 60.9 Å². The maximum absolute atomic E-state index is 15.6. The normalized spacial score (nSPS) is 25.2. The van der Waals surface area contributed by atoms with Gasteiger partial charge < -0.3 is 125 Å². The number of aliphatic hydroxyl groups excluding tert-OH is 2. The summed E-state index contributed by atoms with van der Waals surface area (Å²) in [5.74, 6) is -17.0. The SMILES string of the molecule is CCCC[C@H]1C(=O)N(C)[C@@H](CCCC)C(=O)N[C@@H](C)C(=O)N[C@H](C(=O)NCC(N)=O)CSCC(=O)N[C@@H](Cc2ccc(O)cc2)C(=O)N(C)[C@@H](C)C(=O)N[C@@H](CC(N)=O)C(=O)N2CCC[C@H]2C(=O)N[C@@H](Cc2c[nH]cn2)C(=O)N[C@@H](CCCCN)C(=O)N2C[C@H](O)C[C@H]2C(=O)N[C@@H](Cc2c[nH]c3ccccc23)C(=O)N[C@@H](CO)C(=O)N[C@@H](Cc2c[nH]c3ccccc23)C(=O)N1C.